The van der Waals surface area contributed by atoms with Gasteiger partial charge in [0.1, 0.15) is 0 Å². The Morgan fingerprint density at radius 2 is 1.89 bits per heavy atom. The van der Waals surface area contributed by atoms with Gasteiger partial charge in [0, 0.05) is 45.8 Å². The molecule has 0 aliphatic heterocycles. The van der Waals surface area contributed by atoms with Crippen molar-refractivity contribution in [3.63, 3.8) is 0 Å². The first kappa shape index (κ1) is 19.6. The number of hydrogen-bond donors (Lipinski definition) is 3. The molecule has 1 aromatic heterocycles. The Morgan fingerprint density at radius 3 is 2.64 bits per heavy atom. The number of carbonyl (C=O) groups is 2. The van der Waals surface area contributed by atoms with Crippen LogP contribution in [0.15, 0.2) is 64.3 Å². The lowest BCUT2D eigenvalue weighted by molar-refractivity contribution is -0.119. The SMILES string of the molecule is NC(=O)CCn1cc(/C=N/NC(=O)CNc2ccc(Br)cc2)c2ccccc21. The maximum atomic E-state index is 12.0. The number of hydrogen-bond acceptors (Lipinski definition) is 4. The molecule has 3 rings (SSSR count). The molecule has 2 amide bonds. The Balaban J connectivity index is 1.61. The van der Waals surface area contributed by atoms with Gasteiger partial charge in [0.05, 0.1) is 12.8 Å². The number of halogens is 1. The van der Waals surface area contributed by atoms with Crippen molar-refractivity contribution >= 4 is 50.5 Å². The summed E-state index contributed by atoms with van der Waals surface area (Å²) in [4.78, 5) is 23.0. The average molecular weight is 442 g/mol. The zero-order valence-electron chi connectivity index (χ0n) is 15.1. The number of nitrogens with zero attached hydrogens (tertiary/aromatic N) is 2. The van der Waals surface area contributed by atoms with Crippen LogP contribution in [0.3, 0.4) is 0 Å². The van der Waals surface area contributed by atoms with E-state index in [0.29, 0.717) is 6.54 Å². The van der Waals surface area contributed by atoms with E-state index in [1.54, 1.807) is 6.21 Å². The van der Waals surface area contributed by atoms with E-state index < -0.39 is 0 Å². The summed E-state index contributed by atoms with van der Waals surface area (Å²) < 4.78 is 2.93. The first-order valence-electron chi connectivity index (χ1n) is 8.70. The summed E-state index contributed by atoms with van der Waals surface area (Å²) in [6.45, 7) is 0.604. The van der Waals surface area contributed by atoms with Crippen molar-refractivity contribution < 1.29 is 9.59 Å². The number of rotatable bonds is 8. The van der Waals surface area contributed by atoms with Crippen LogP contribution in [-0.4, -0.2) is 29.1 Å². The highest BCUT2D eigenvalue weighted by Gasteiger charge is 2.07. The standard InChI is InChI=1S/C20H20BrN5O2/c21-15-5-7-16(8-6-15)23-12-20(28)25-24-11-14-13-26(10-9-19(22)27)18-4-2-1-3-17(14)18/h1-8,11,13,23H,9-10,12H2,(H2,22,27)(H,25,28)/b24-11+. The van der Waals surface area contributed by atoms with Crippen LogP contribution in [0.5, 0.6) is 0 Å². The number of hydrazone groups is 1. The van der Waals surface area contributed by atoms with Crippen LogP contribution in [0.2, 0.25) is 0 Å². The van der Waals surface area contributed by atoms with Gasteiger partial charge in [0.2, 0.25) is 5.91 Å². The fraction of sp³-hybridized carbons (Fsp3) is 0.150. The van der Waals surface area contributed by atoms with E-state index in [0.717, 1.165) is 26.6 Å². The zero-order chi connectivity index (χ0) is 19.9. The first-order valence-corrected chi connectivity index (χ1v) is 9.50. The number of nitrogens with two attached hydrogens (primary N) is 1. The Hall–Kier alpha value is -3.13. The van der Waals surface area contributed by atoms with Crippen LogP contribution in [0.25, 0.3) is 10.9 Å². The molecule has 1 heterocycles. The molecule has 0 atom stereocenters. The molecule has 0 bridgehead atoms. The van der Waals surface area contributed by atoms with Crippen molar-refractivity contribution in [2.75, 3.05) is 11.9 Å². The molecule has 144 valence electrons. The first-order chi connectivity index (χ1) is 13.5. The van der Waals surface area contributed by atoms with E-state index in [-0.39, 0.29) is 24.8 Å². The minimum absolute atomic E-state index is 0.110. The molecule has 0 saturated carbocycles. The second-order valence-corrected chi connectivity index (χ2v) is 7.08. The van der Waals surface area contributed by atoms with Crippen molar-refractivity contribution in [3.05, 3.63) is 64.8 Å². The fourth-order valence-corrected chi connectivity index (χ4v) is 3.02. The summed E-state index contributed by atoms with van der Waals surface area (Å²) in [5, 5.41) is 8.06. The minimum Gasteiger partial charge on any atom is -0.376 e. The van der Waals surface area contributed by atoms with E-state index in [4.69, 9.17) is 5.73 Å². The number of aryl methyl sites for hydroxylation is 1. The molecule has 28 heavy (non-hydrogen) atoms. The van der Waals surface area contributed by atoms with Crippen LogP contribution in [0.4, 0.5) is 5.69 Å². The quantitative estimate of drug-likeness (QED) is 0.369. The molecular weight excluding hydrogens is 422 g/mol. The van der Waals surface area contributed by atoms with Gasteiger partial charge in [-0.15, -0.1) is 0 Å². The van der Waals surface area contributed by atoms with Crippen LogP contribution >= 0.6 is 15.9 Å². The number of fused-ring (bicyclic) bond motifs is 1. The summed E-state index contributed by atoms with van der Waals surface area (Å²) in [5.41, 5.74) is 10.4. The molecule has 0 fully saturated rings. The highest BCUT2D eigenvalue weighted by molar-refractivity contribution is 9.10. The number of benzene rings is 2. The second kappa shape index (κ2) is 9.18. The van der Waals surface area contributed by atoms with Crippen molar-refractivity contribution in [1.82, 2.24) is 9.99 Å². The highest BCUT2D eigenvalue weighted by Crippen LogP contribution is 2.20. The molecule has 2 aromatic carbocycles. The lowest BCUT2D eigenvalue weighted by atomic mass is 10.2. The highest BCUT2D eigenvalue weighted by atomic mass is 79.9. The Bertz CT molecular complexity index is 1010. The topological polar surface area (TPSA) is 102 Å². The molecule has 4 N–H and O–H groups in total. The van der Waals surface area contributed by atoms with Crippen molar-refractivity contribution in [1.29, 1.82) is 0 Å². The number of amides is 2. The number of aromatic nitrogens is 1. The Morgan fingerprint density at radius 1 is 1.14 bits per heavy atom. The van der Waals surface area contributed by atoms with Crippen LogP contribution in [0, 0.1) is 0 Å². The van der Waals surface area contributed by atoms with Gasteiger partial charge in [-0.25, -0.2) is 5.43 Å². The second-order valence-electron chi connectivity index (χ2n) is 6.16. The number of nitrogens with one attached hydrogen (secondary N) is 2. The molecule has 0 radical (unpaired) electrons. The summed E-state index contributed by atoms with van der Waals surface area (Å²) >= 11 is 3.37. The van der Waals surface area contributed by atoms with E-state index in [1.165, 1.54) is 0 Å². The Kier molecular flexibility index (Phi) is 6.44. The maximum absolute atomic E-state index is 12.0. The van der Waals surface area contributed by atoms with Gasteiger partial charge in [0.25, 0.3) is 5.91 Å². The van der Waals surface area contributed by atoms with E-state index in [1.807, 2.05) is 59.3 Å². The van der Waals surface area contributed by atoms with E-state index in [9.17, 15) is 9.59 Å². The van der Waals surface area contributed by atoms with Gasteiger partial charge in [-0.3, -0.25) is 9.59 Å². The summed E-state index contributed by atoms with van der Waals surface area (Å²) in [6.07, 6.45) is 3.75. The third-order valence-electron chi connectivity index (χ3n) is 4.11. The molecule has 7 nitrogen and oxygen atoms in total. The van der Waals surface area contributed by atoms with Crippen LogP contribution in [0.1, 0.15) is 12.0 Å². The van der Waals surface area contributed by atoms with Crippen LogP contribution in [-0.2, 0) is 16.1 Å². The molecule has 0 aliphatic rings. The molecular formula is C20H20BrN5O2. The number of primary amides is 1. The van der Waals surface area contributed by atoms with Crippen molar-refractivity contribution in [2.45, 2.75) is 13.0 Å². The number of para-hydroxylation sites is 1. The summed E-state index contributed by atoms with van der Waals surface area (Å²) in [7, 11) is 0. The number of carbonyl (C=O) groups excluding carboxylic acids is 2. The molecule has 0 aliphatic carbocycles. The largest absolute Gasteiger partial charge is 0.376 e. The third-order valence-corrected chi connectivity index (χ3v) is 4.64. The third kappa shape index (κ3) is 5.20. The van der Waals surface area contributed by atoms with Gasteiger partial charge >= 0.3 is 0 Å². The zero-order valence-corrected chi connectivity index (χ0v) is 16.6. The average Bonchev–Trinajstić information content (AvgIpc) is 3.04. The summed E-state index contributed by atoms with van der Waals surface area (Å²) in [6, 6.07) is 15.3. The molecule has 0 spiro atoms. The molecule has 8 heteroatoms. The van der Waals surface area contributed by atoms with Crippen molar-refractivity contribution in [3.8, 4) is 0 Å². The molecule has 0 saturated heterocycles. The minimum atomic E-state index is -0.349. The molecule has 0 unspecified atom stereocenters. The monoisotopic (exact) mass is 441 g/mol. The predicted molar refractivity (Wildman–Crippen MR) is 114 cm³/mol. The lowest BCUT2D eigenvalue weighted by Gasteiger charge is -2.04. The van der Waals surface area contributed by atoms with Gasteiger partial charge < -0.3 is 15.6 Å². The fourth-order valence-electron chi connectivity index (χ4n) is 2.76. The van der Waals surface area contributed by atoms with Gasteiger partial charge in [-0.1, -0.05) is 34.1 Å². The summed E-state index contributed by atoms with van der Waals surface area (Å²) in [5.74, 6) is -0.602. The van der Waals surface area contributed by atoms with Crippen LogP contribution < -0.4 is 16.5 Å². The van der Waals surface area contributed by atoms with Gasteiger partial charge in [-0.2, -0.15) is 5.10 Å². The normalized spacial score (nSPS) is 11.0. The van der Waals surface area contributed by atoms with Crippen molar-refractivity contribution in [2.24, 2.45) is 10.8 Å². The smallest absolute Gasteiger partial charge is 0.259 e. The maximum Gasteiger partial charge on any atom is 0.259 e. The van der Waals surface area contributed by atoms with E-state index >= 15 is 0 Å². The van der Waals surface area contributed by atoms with E-state index in [2.05, 4.69) is 31.8 Å². The predicted octanol–water partition coefficient (Wildman–Crippen LogP) is 2.84. The number of anilines is 1. The lowest BCUT2D eigenvalue weighted by Crippen LogP contribution is -2.25. The van der Waals surface area contributed by atoms with Gasteiger partial charge in [0.15, 0.2) is 0 Å². The molecule has 3 aromatic rings. The Labute approximate surface area is 170 Å². The van der Waals surface area contributed by atoms with Gasteiger partial charge in [-0.05, 0) is 30.3 Å².